The molecule has 2 rings (SSSR count). The largest absolute Gasteiger partial charge is 0.481 e. The van der Waals surface area contributed by atoms with Crippen LogP contribution in [0, 0.1) is 0 Å². The SMILES string of the molecule is O=C(O)CCc1csc(-c2sccc2Br)n1. The number of rotatable bonds is 4. The van der Waals surface area contributed by atoms with Crippen LogP contribution in [-0.4, -0.2) is 16.1 Å². The molecule has 0 saturated carbocycles. The van der Waals surface area contributed by atoms with E-state index in [0.29, 0.717) is 6.42 Å². The lowest BCUT2D eigenvalue weighted by atomic mass is 10.2. The molecule has 0 aliphatic heterocycles. The van der Waals surface area contributed by atoms with Crippen LogP contribution in [0.1, 0.15) is 12.1 Å². The summed E-state index contributed by atoms with van der Waals surface area (Å²) in [5.41, 5.74) is 0.850. The van der Waals surface area contributed by atoms with E-state index in [1.165, 1.54) is 0 Å². The number of aryl methyl sites for hydroxylation is 1. The third kappa shape index (κ3) is 2.69. The number of hydrogen-bond donors (Lipinski definition) is 1. The van der Waals surface area contributed by atoms with Crippen LogP contribution < -0.4 is 0 Å². The Morgan fingerprint density at radius 3 is 2.94 bits per heavy atom. The minimum Gasteiger partial charge on any atom is -0.481 e. The van der Waals surface area contributed by atoms with Crippen molar-refractivity contribution in [3.8, 4) is 9.88 Å². The lowest BCUT2D eigenvalue weighted by Crippen LogP contribution is -1.97. The molecule has 0 aliphatic carbocycles. The van der Waals surface area contributed by atoms with Crippen molar-refractivity contribution in [2.75, 3.05) is 0 Å². The van der Waals surface area contributed by atoms with Crippen molar-refractivity contribution in [2.45, 2.75) is 12.8 Å². The summed E-state index contributed by atoms with van der Waals surface area (Å²) in [7, 11) is 0. The first-order valence-corrected chi connectivity index (χ1v) is 7.11. The maximum Gasteiger partial charge on any atom is 0.303 e. The van der Waals surface area contributed by atoms with Crippen molar-refractivity contribution < 1.29 is 9.90 Å². The van der Waals surface area contributed by atoms with Crippen molar-refractivity contribution >= 4 is 44.6 Å². The number of nitrogens with zero attached hydrogens (tertiary/aromatic N) is 1. The number of carboxylic acids is 1. The number of aromatic nitrogens is 1. The van der Waals surface area contributed by atoms with Crippen molar-refractivity contribution in [2.24, 2.45) is 0 Å². The highest BCUT2D eigenvalue weighted by atomic mass is 79.9. The number of hydrogen-bond acceptors (Lipinski definition) is 4. The number of carboxylic acid groups (broad SMARTS) is 1. The normalized spacial score (nSPS) is 10.6. The van der Waals surface area contributed by atoms with E-state index in [2.05, 4.69) is 20.9 Å². The van der Waals surface area contributed by atoms with Crippen molar-refractivity contribution in [1.29, 1.82) is 0 Å². The van der Waals surface area contributed by atoms with Gasteiger partial charge in [0.25, 0.3) is 0 Å². The van der Waals surface area contributed by atoms with E-state index in [9.17, 15) is 4.79 Å². The highest BCUT2D eigenvalue weighted by molar-refractivity contribution is 9.10. The molecule has 2 aromatic heterocycles. The molecule has 0 spiro atoms. The molecule has 1 N–H and O–H groups in total. The molecule has 2 aromatic rings. The molecular weight excluding hydrogens is 310 g/mol. The second kappa shape index (κ2) is 5.07. The van der Waals surface area contributed by atoms with E-state index in [0.717, 1.165) is 20.1 Å². The summed E-state index contributed by atoms with van der Waals surface area (Å²) in [5, 5.41) is 13.4. The summed E-state index contributed by atoms with van der Waals surface area (Å²) in [6.45, 7) is 0. The summed E-state index contributed by atoms with van der Waals surface area (Å²) in [4.78, 5) is 16.0. The van der Waals surface area contributed by atoms with Gasteiger partial charge in [0.2, 0.25) is 0 Å². The lowest BCUT2D eigenvalue weighted by molar-refractivity contribution is -0.136. The van der Waals surface area contributed by atoms with Gasteiger partial charge in [0.1, 0.15) is 5.01 Å². The Hall–Kier alpha value is -0.720. The molecule has 3 nitrogen and oxygen atoms in total. The molecule has 0 aromatic carbocycles. The Labute approximate surface area is 109 Å². The van der Waals surface area contributed by atoms with Gasteiger partial charge in [0.05, 0.1) is 17.0 Å². The predicted octanol–water partition coefficient (Wildman–Crippen LogP) is 3.65. The molecule has 0 amide bonds. The van der Waals surface area contributed by atoms with Gasteiger partial charge < -0.3 is 5.11 Å². The Kier molecular flexibility index (Phi) is 3.73. The molecule has 2 heterocycles. The summed E-state index contributed by atoms with van der Waals surface area (Å²) in [6.07, 6.45) is 0.629. The fourth-order valence-corrected chi connectivity index (χ4v) is 3.88. The number of carbonyl (C=O) groups is 1. The van der Waals surface area contributed by atoms with Crippen LogP contribution in [0.2, 0.25) is 0 Å². The van der Waals surface area contributed by atoms with Gasteiger partial charge in [-0.2, -0.15) is 0 Å². The smallest absolute Gasteiger partial charge is 0.303 e. The van der Waals surface area contributed by atoms with Gasteiger partial charge >= 0.3 is 5.97 Å². The molecular formula is C10H8BrNO2S2. The van der Waals surface area contributed by atoms with E-state index in [4.69, 9.17) is 5.11 Å². The van der Waals surface area contributed by atoms with Crippen LogP contribution in [0.5, 0.6) is 0 Å². The quantitative estimate of drug-likeness (QED) is 0.936. The van der Waals surface area contributed by atoms with Gasteiger partial charge in [0.15, 0.2) is 0 Å². The molecule has 0 aliphatic rings. The predicted molar refractivity (Wildman–Crippen MR) is 69.1 cm³/mol. The van der Waals surface area contributed by atoms with Gasteiger partial charge in [-0.15, -0.1) is 22.7 Å². The zero-order valence-electron chi connectivity index (χ0n) is 8.14. The fourth-order valence-electron chi connectivity index (χ4n) is 1.21. The first-order valence-electron chi connectivity index (χ1n) is 4.56. The van der Waals surface area contributed by atoms with Gasteiger partial charge in [-0.3, -0.25) is 4.79 Å². The monoisotopic (exact) mass is 317 g/mol. The molecule has 6 heteroatoms. The van der Waals surface area contributed by atoms with Gasteiger partial charge in [-0.05, 0) is 27.4 Å². The maximum atomic E-state index is 10.4. The van der Waals surface area contributed by atoms with E-state index >= 15 is 0 Å². The minimum absolute atomic E-state index is 0.134. The molecule has 0 unspecified atom stereocenters. The van der Waals surface area contributed by atoms with Gasteiger partial charge in [-0.25, -0.2) is 4.98 Å². The second-order valence-electron chi connectivity index (χ2n) is 3.14. The molecule has 84 valence electrons. The lowest BCUT2D eigenvalue weighted by Gasteiger charge is -1.92. The number of halogens is 1. The standard InChI is InChI=1S/C10H8BrNO2S2/c11-7-3-4-15-9(7)10-12-6(5-16-10)1-2-8(13)14/h3-5H,1-2H2,(H,13,14). The molecule has 0 fully saturated rings. The third-order valence-corrected chi connectivity index (χ3v) is 4.84. The minimum atomic E-state index is -0.785. The van der Waals surface area contributed by atoms with Crippen molar-refractivity contribution in [3.05, 3.63) is 27.0 Å². The Balaban J connectivity index is 2.14. The number of thiophene rings is 1. The topological polar surface area (TPSA) is 50.2 Å². The zero-order valence-corrected chi connectivity index (χ0v) is 11.4. The molecule has 0 bridgehead atoms. The summed E-state index contributed by atoms with van der Waals surface area (Å²) < 4.78 is 1.04. The summed E-state index contributed by atoms with van der Waals surface area (Å²) >= 11 is 6.63. The second-order valence-corrected chi connectivity index (χ2v) is 5.76. The van der Waals surface area contributed by atoms with E-state index in [-0.39, 0.29) is 6.42 Å². The average Bonchev–Trinajstić information content (AvgIpc) is 2.83. The van der Waals surface area contributed by atoms with E-state index in [1.54, 1.807) is 22.7 Å². The van der Waals surface area contributed by atoms with Crippen LogP contribution in [0.4, 0.5) is 0 Å². The van der Waals surface area contributed by atoms with Crippen LogP contribution >= 0.6 is 38.6 Å². The molecule has 0 radical (unpaired) electrons. The third-order valence-electron chi connectivity index (χ3n) is 1.96. The molecule has 16 heavy (non-hydrogen) atoms. The van der Waals surface area contributed by atoms with Crippen molar-refractivity contribution in [3.63, 3.8) is 0 Å². The molecule has 0 saturated heterocycles. The maximum absolute atomic E-state index is 10.4. The zero-order chi connectivity index (χ0) is 11.5. The highest BCUT2D eigenvalue weighted by Gasteiger charge is 2.10. The summed E-state index contributed by atoms with van der Waals surface area (Å²) in [5.74, 6) is -0.785. The van der Waals surface area contributed by atoms with E-state index in [1.807, 2.05) is 16.8 Å². The Bertz CT molecular complexity index is 506. The van der Waals surface area contributed by atoms with Gasteiger partial charge in [0, 0.05) is 16.3 Å². The van der Waals surface area contributed by atoms with Crippen LogP contribution in [-0.2, 0) is 11.2 Å². The Morgan fingerprint density at radius 1 is 1.50 bits per heavy atom. The van der Waals surface area contributed by atoms with Crippen LogP contribution in [0.15, 0.2) is 21.3 Å². The number of aliphatic carboxylic acids is 1. The fraction of sp³-hybridized carbons (Fsp3) is 0.200. The van der Waals surface area contributed by atoms with E-state index < -0.39 is 5.97 Å². The van der Waals surface area contributed by atoms with Crippen LogP contribution in [0.25, 0.3) is 9.88 Å². The van der Waals surface area contributed by atoms with Crippen LogP contribution in [0.3, 0.4) is 0 Å². The Morgan fingerprint density at radius 2 is 2.31 bits per heavy atom. The summed E-state index contributed by atoms with van der Waals surface area (Å²) in [6, 6.07) is 1.98. The highest BCUT2D eigenvalue weighted by Crippen LogP contribution is 2.35. The average molecular weight is 318 g/mol. The number of thiazole rings is 1. The van der Waals surface area contributed by atoms with Gasteiger partial charge in [-0.1, -0.05) is 0 Å². The first-order chi connectivity index (χ1) is 7.66. The molecule has 0 atom stereocenters. The first kappa shape index (κ1) is 11.8. The van der Waals surface area contributed by atoms with Crippen molar-refractivity contribution in [1.82, 2.24) is 4.98 Å².